The first-order chi connectivity index (χ1) is 25.5. The first-order valence-electron chi connectivity index (χ1n) is 16.5. The summed E-state index contributed by atoms with van der Waals surface area (Å²) in [5.41, 5.74) is 0. The maximum absolute atomic E-state index is 5.23. The second kappa shape index (κ2) is 24.6. The number of hydrogen-bond donors (Lipinski definition) is 0. The summed E-state index contributed by atoms with van der Waals surface area (Å²) in [5.74, 6) is 7.12. The molecule has 0 spiro atoms. The molecule has 0 heterocycles. The fourth-order valence-electron chi connectivity index (χ4n) is 6.15. The van der Waals surface area contributed by atoms with E-state index in [-0.39, 0.29) is 77.2 Å². The predicted octanol–water partition coefficient (Wildman–Crippen LogP) is 4.31. The van der Waals surface area contributed by atoms with Crippen molar-refractivity contribution in [1.29, 1.82) is 0 Å². The van der Waals surface area contributed by atoms with Gasteiger partial charge in [-0.05, 0) is 24.3 Å². The summed E-state index contributed by atoms with van der Waals surface area (Å²) >= 11 is 0. The van der Waals surface area contributed by atoms with Crippen LogP contribution in [0, 0.1) is 0 Å². The van der Waals surface area contributed by atoms with Gasteiger partial charge in [-0.3, -0.25) is 0 Å². The third-order valence-corrected chi connectivity index (χ3v) is 8.69. The summed E-state index contributed by atoms with van der Waals surface area (Å²) in [6.45, 7) is 0. The van der Waals surface area contributed by atoms with Gasteiger partial charge in [0.2, 0.25) is 0 Å². The molecule has 56 heavy (non-hydrogen) atoms. The number of benzene rings is 4. The predicted molar refractivity (Wildman–Crippen MR) is 211 cm³/mol. The minimum Gasteiger partial charge on any atom is -1.00 e. The minimum absolute atomic E-state index is 0. The molecule has 8 rings (SSSR count). The molecule has 0 aliphatic rings. The van der Waals surface area contributed by atoms with Gasteiger partial charge in [-0.2, -0.15) is 48.5 Å². The molecule has 0 saturated carbocycles. The normalized spacial score (nSPS) is 9.57. The van der Waals surface area contributed by atoms with E-state index < -0.39 is 0 Å². The molecule has 0 radical (unpaired) electrons. The Balaban J connectivity index is 0.000000365. The third-order valence-electron chi connectivity index (χ3n) is 8.69. The second-order valence-corrected chi connectivity index (χ2v) is 11.3. The van der Waals surface area contributed by atoms with Gasteiger partial charge in [0.25, 0.3) is 0 Å². The molecule has 0 bridgehead atoms. The topological polar surface area (TPSA) is 73.8 Å². The Kier molecular flexibility index (Phi) is 22.0. The van der Waals surface area contributed by atoms with E-state index in [1.54, 1.807) is 56.9 Å². The maximum atomic E-state index is 5.23. The molecule has 0 saturated heterocycles. The van der Waals surface area contributed by atoms with E-state index in [0.29, 0.717) is 0 Å². The van der Waals surface area contributed by atoms with Crippen molar-refractivity contribution in [3.8, 4) is 46.0 Å². The monoisotopic (exact) mass is 950 g/mol. The molecule has 0 aromatic heterocycles. The number of hydrogen-bond acceptors (Lipinski definition) is 8. The Morgan fingerprint density at radius 2 is 0.429 bits per heavy atom. The van der Waals surface area contributed by atoms with Crippen molar-refractivity contribution in [3.63, 3.8) is 0 Å². The molecular formula is C44H44Cl2O8Zr2-2. The van der Waals surface area contributed by atoms with Crippen molar-refractivity contribution in [2.75, 3.05) is 56.9 Å². The summed E-state index contributed by atoms with van der Waals surface area (Å²) < 4.78 is 41.8. The molecule has 0 atom stereocenters. The fraction of sp³-hybridized carbons (Fsp3) is 0.182. The van der Waals surface area contributed by atoms with Gasteiger partial charge in [0.1, 0.15) is 0 Å². The van der Waals surface area contributed by atoms with Crippen LogP contribution in [-0.2, 0) is 52.4 Å². The van der Waals surface area contributed by atoms with Crippen molar-refractivity contribution in [2.24, 2.45) is 0 Å². The zero-order valence-electron chi connectivity index (χ0n) is 32.6. The zero-order chi connectivity index (χ0) is 37.0. The summed E-state index contributed by atoms with van der Waals surface area (Å²) in [7, 11) is 13.4. The molecular weight excluding hydrogens is 910 g/mol. The standard InChI is InChI=1S/4C11H11O2.2ClH.2Zr/c4*1-12-10-6-7-11(13-2)9-5-3-4-8(9)10;;;;/h4*3-7H,1-2H3;2*1H;;/q4*-1;;;2*+2/p-2. The van der Waals surface area contributed by atoms with Crippen LogP contribution in [0.4, 0.5) is 0 Å². The van der Waals surface area contributed by atoms with Crippen molar-refractivity contribution in [1.82, 2.24) is 0 Å². The fourth-order valence-corrected chi connectivity index (χ4v) is 6.15. The molecule has 12 heteroatoms. The molecule has 8 aromatic carbocycles. The van der Waals surface area contributed by atoms with Crippen LogP contribution in [0.1, 0.15) is 0 Å². The largest absolute Gasteiger partial charge is 2.00 e. The van der Waals surface area contributed by atoms with Crippen LogP contribution in [0.15, 0.2) is 121 Å². The van der Waals surface area contributed by atoms with Gasteiger partial charge >= 0.3 is 52.4 Å². The Hall–Kier alpha value is -3.93. The number of fused-ring (bicyclic) bond motifs is 4. The number of methoxy groups -OCH3 is 8. The molecule has 8 aromatic rings. The molecule has 0 aliphatic carbocycles. The minimum atomic E-state index is 0. The average Bonchev–Trinajstić information content (AvgIpc) is 4.04. The van der Waals surface area contributed by atoms with Crippen LogP contribution >= 0.6 is 0 Å². The van der Waals surface area contributed by atoms with Gasteiger partial charge in [0, 0.05) is 23.0 Å². The van der Waals surface area contributed by atoms with Gasteiger partial charge in [0.05, 0.1) is 79.9 Å². The van der Waals surface area contributed by atoms with E-state index in [0.717, 1.165) is 89.1 Å². The Morgan fingerprint density at radius 1 is 0.268 bits per heavy atom. The zero-order valence-corrected chi connectivity index (χ0v) is 39.0. The molecule has 0 unspecified atom stereocenters. The van der Waals surface area contributed by atoms with Gasteiger partial charge in [0.15, 0.2) is 0 Å². The van der Waals surface area contributed by atoms with Crippen LogP contribution in [0.3, 0.4) is 0 Å². The van der Waals surface area contributed by atoms with E-state index >= 15 is 0 Å². The number of halogens is 2. The Morgan fingerprint density at radius 3 is 0.589 bits per heavy atom. The molecule has 8 nitrogen and oxygen atoms in total. The Labute approximate surface area is 379 Å². The molecule has 292 valence electrons. The number of rotatable bonds is 8. The molecule has 0 amide bonds. The van der Waals surface area contributed by atoms with Gasteiger partial charge in [-0.25, -0.2) is 0 Å². The van der Waals surface area contributed by atoms with Gasteiger partial charge in [-0.1, -0.05) is 45.8 Å². The third kappa shape index (κ3) is 11.1. The summed E-state index contributed by atoms with van der Waals surface area (Å²) in [4.78, 5) is 0. The average molecular weight is 954 g/mol. The quantitative estimate of drug-likeness (QED) is 0.209. The van der Waals surface area contributed by atoms with Gasteiger partial charge < -0.3 is 62.7 Å². The van der Waals surface area contributed by atoms with Crippen LogP contribution in [0.5, 0.6) is 46.0 Å². The Bertz CT molecular complexity index is 1860. The molecule has 0 aliphatic heterocycles. The summed E-state index contributed by atoms with van der Waals surface area (Å²) in [6.07, 6.45) is 0. The molecule has 0 fully saturated rings. The van der Waals surface area contributed by atoms with E-state index in [4.69, 9.17) is 37.9 Å². The first-order valence-corrected chi connectivity index (χ1v) is 16.5. The van der Waals surface area contributed by atoms with E-state index in [2.05, 4.69) is 0 Å². The number of ether oxygens (including phenoxy) is 8. The SMILES string of the molecule is COc1ccc(OC)c2[cH-]ccc12.COc1ccc(OC)c2[cH-]ccc12.COc1ccc(OC)c2[cH-]ccc12.COc1ccc(OC)c2[cH-]ccc12.[Cl-].[Cl-].[Zr+2].[Zr+2]. The van der Waals surface area contributed by atoms with E-state index in [1.165, 1.54) is 0 Å². The first kappa shape index (κ1) is 50.1. The van der Waals surface area contributed by atoms with E-state index in [9.17, 15) is 0 Å². The smallest absolute Gasteiger partial charge is 1.00 e. The van der Waals surface area contributed by atoms with Crippen molar-refractivity contribution >= 4 is 43.1 Å². The maximum Gasteiger partial charge on any atom is 2.00 e. The molecule has 0 N–H and O–H groups in total. The summed E-state index contributed by atoms with van der Waals surface area (Å²) in [6, 6.07) is 39.5. The van der Waals surface area contributed by atoms with Gasteiger partial charge in [-0.15, -0.1) is 45.8 Å². The van der Waals surface area contributed by atoms with Crippen molar-refractivity contribution < 1.29 is 115 Å². The van der Waals surface area contributed by atoms with E-state index in [1.807, 2.05) is 121 Å². The van der Waals surface area contributed by atoms with Crippen LogP contribution in [0.25, 0.3) is 43.1 Å². The van der Waals surface area contributed by atoms with Crippen LogP contribution in [0.2, 0.25) is 0 Å². The second-order valence-electron chi connectivity index (χ2n) is 11.3. The van der Waals surface area contributed by atoms with Crippen molar-refractivity contribution in [3.05, 3.63) is 121 Å². The van der Waals surface area contributed by atoms with Crippen molar-refractivity contribution in [2.45, 2.75) is 0 Å². The van der Waals surface area contributed by atoms with Crippen LogP contribution in [-0.4, -0.2) is 56.9 Å². The summed E-state index contributed by atoms with van der Waals surface area (Å²) in [5, 5.41) is 8.79. The van der Waals surface area contributed by atoms with Crippen LogP contribution < -0.4 is 62.7 Å².